The molecule has 2 aromatic heterocycles. The lowest BCUT2D eigenvalue weighted by atomic mass is 10.2. The summed E-state index contributed by atoms with van der Waals surface area (Å²) in [6.07, 6.45) is -5.74. The van der Waals surface area contributed by atoms with Gasteiger partial charge in [-0.2, -0.15) is 18.2 Å². The van der Waals surface area contributed by atoms with Gasteiger partial charge in [-0.15, -0.1) is 5.10 Å². The third-order valence-electron chi connectivity index (χ3n) is 4.59. The second-order valence-corrected chi connectivity index (χ2v) is 7.34. The molecule has 0 aliphatic carbocycles. The third-order valence-corrected chi connectivity index (χ3v) is 4.84. The van der Waals surface area contributed by atoms with E-state index in [0.29, 0.717) is 10.6 Å². The Labute approximate surface area is 187 Å². The molecule has 0 N–H and O–H groups in total. The maximum atomic E-state index is 14.0. The number of hydrogen-bond acceptors (Lipinski definition) is 5. The van der Waals surface area contributed by atoms with Crippen LogP contribution in [0.15, 0.2) is 51.8 Å². The molecule has 33 heavy (non-hydrogen) atoms. The van der Waals surface area contributed by atoms with E-state index in [9.17, 15) is 26.7 Å². The fourth-order valence-corrected chi connectivity index (χ4v) is 3.16. The summed E-state index contributed by atoms with van der Waals surface area (Å²) >= 11 is 5.86. The van der Waals surface area contributed by atoms with Crippen LogP contribution in [0.1, 0.15) is 12.3 Å². The Bertz CT molecular complexity index is 1340. The minimum absolute atomic E-state index is 0.0168. The predicted octanol–water partition coefficient (Wildman–Crippen LogP) is 4.69. The van der Waals surface area contributed by atoms with Gasteiger partial charge >= 0.3 is 11.9 Å². The van der Waals surface area contributed by atoms with Crippen molar-refractivity contribution in [2.24, 2.45) is 0 Å². The van der Waals surface area contributed by atoms with Gasteiger partial charge in [0.25, 0.3) is 0 Å². The third kappa shape index (κ3) is 4.95. The number of rotatable bonds is 6. The van der Waals surface area contributed by atoms with E-state index in [-0.39, 0.29) is 23.1 Å². The van der Waals surface area contributed by atoms with Crippen LogP contribution in [0, 0.1) is 11.6 Å². The largest absolute Gasteiger partial charge is 0.390 e. The molecule has 4 rings (SSSR count). The minimum atomic E-state index is -4.49. The first-order valence-electron chi connectivity index (χ1n) is 9.39. The molecule has 0 bridgehead atoms. The van der Waals surface area contributed by atoms with E-state index in [2.05, 4.69) is 15.2 Å². The first-order chi connectivity index (χ1) is 15.6. The van der Waals surface area contributed by atoms with E-state index < -0.39 is 43.0 Å². The molecule has 0 radical (unpaired) electrons. The summed E-state index contributed by atoms with van der Waals surface area (Å²) in [6.45, 7) is -1.06. The van der Waals surface area contributed by atoms with Crippen molar-refractivity contribution in [3.05, 3.63) is 75.5 Å². The van der Waals surface area contributed by atoms with E-state index in [1.807, 2.05) is 0 Å². The van der Waals surface area contributed by atoms with Gasteiger partial charge in [-0.05, 0) is 36.4 Å². The molecule has 13 heteroatoms. The van der Waals surface area contributed by atoms with Crippen molar-refractivity contribution in [1.82, 2.24) is 24.5 Å². The maximum Gasteiger partial charge on any atom is 0.390 e. The normalized spacial score (nSPS) is 11.8. The molecule has 172 valence electrons. The molecule has 2 heterocycles. The van der Waals surface area contributed by atoms with Crippen LogP contribution in [-0.4, -0.2) is 30.7 Å². The average Bonchev–Trinajstić information content (AvgIpc) is 3.34. The van der Waals surface area contributed by atoms with E-state index in [4.69, 9.17) is 16.1 Å². The number of halogens is 6. The molecule has 0 spiro atoms. The van der Waals surface area contributed by atoms with E-state index in [0.717, 1.165) is 15.3 Å². The number of hydrogen-bond donors (Lipinski definition) is 0. The molecule has 0 aliphatic heterocycles. The summed E-state index contributed by atoms with van der Waals surface area (Å²) in [5.41, 5.74) is -0.735. The van der Waals surface area contributed by atoms with Crippen molar-refractivity contribution in [3.63, 3.8) is 0 Å². The maximum absolute atomic E-state index is 14.0. The van der Waals surface area contributed by atoms with Gasteiger partial charge in [0, 0.05) is 17.1 Å². The van der Waals surface area contributed by atoms with Gasteiger partial charge in [-0.3, -0.25) is 4.57 Å². The second kappa shape index (κ2) is 8.77. The Kier molecular flexibility index (Phi) is 6.02. The van der Waals surface area contributed by atoms with Crippen molar-refractivity contribution >= 4 is 11.6 Å². The lowest BCUT2D eigenvalue weighted by Crippen LogP contribution is -2.27. The topological polar surface area (TPSA) is 78.7 Å². The number of benzene rings is 2. The molecule has 7 nitrogen and oxygen atoms in total. The molecular weight excluding hydrogens is 473 g/mol. The lowest BCUT2D eigenvalue weighted by Gasteiger charge is -2.08. The Hall–Kier alpha value is -3.54. The lowest BCUT2D eigenvalue weighted by molar-refractivity contribution is -0.136. The highest BCUT2D eigenvalue weighted by molar-refractivity contribution is 6.30. The summed E-state index contributed by atoms with van der Waals surface area (Å²) in [4.78, 5) is 16.7. The Morgan fingerprint density at radius 2 is 1.79 bits per heavy atom. The molecule has 0 aliphatic rings. The van der Waals surface area contributed by atoms with Gasteiger partial charge in [0.1, 0.15) is 6.54 Å². The summed E-state index contributed by atoms with van der Waals surface area (Å²) in [5, 5.41) is 8.08. The standard InChI is InChI=1S/C20H13ClF5N5O2/c21-12-6-4-11(5-7-12)18-28-31(19(32)30(18)9-8-20(24,25)26)10-15-27-17(29-33-15)13-2-1-3-14(22)16(13)23/h1-7H,8-10H2. The highest BCUT2D eigenvalue weighted by atomic mass is 35.5. The molecule has 0 unspecified atom stereocenters. The number of alkyl halides is 3. The summed E-state index contributed by atoms with van der Waals surface area (Å²) < 4.78 is 72.5. The van der Waals surface area contributed by atoms with Crippen molar-refractivity contribution < 1.29 is 26.5 Å². The van der Waals surface area contributed by atoms with E-state index >= 15 is 0 Å². The quantitative estimate of drug-likeness (QED) is 0.370. The predicted molar refractivity (Wildman–Crippen MR) is 106 cm³/mol. The first-order valence-corrected chi connectivity index (χ1v) is 9.77. The zero-order valence-corrected chi connectivity index (χ0v) is 17.2. The molecule has 0 atom stereocenters. The van der Waals surface area contributed by atoms with Crippen molar-refractivity contribution in [3.8, 4) is 22.8 Å². The smallest absolute Gasteiger partial charge is 0.337 e. The molecule has 0 fully saturated rings. The van der Waals surface area contributed by atoms with Gasteiger partial charge in [-0.1, -0.05) is 22.8 Å². The highest BCUT2D eigenvalue weighted by Crippen LogP contribution is 2.24. The zero-order chi connectivity index (χ0) is 23.8. The molecular formula is C20H13ClF5N5O2. The van der Waals surface area contributed by atoms with Gasteiger partial charge in [-0.25, -0.2) is 18.3 Å². The summed E-state index contributed by atoms with van der Waals surface area (Å²) in [6, 6.07) is 9.45. The molecule has 4 aromatic rings. The van der Waals surface area contributed by atoms with Crippen molar-refractivity contribution in [2.75, 3.05) is 0 Å². The fraction of sp³-hybridized carbons (Fsp3) is 0.200. The zero-order valence-electron chi connectivity index (χ0n) is 16.5. The van der Waals surface area contributed by atoms with Crippen LogP contribution >= 0.6 is 11.6 Å². The first kappa shape index (κ1) is 22.6. The van der Waals surface area contributed by atoms with Crippen LogP contribution < -0.4 is 5.69 Å². The van der Waals surface area contributed by atoms with Crippen LogP contribution in [0.4, 0.5) is 22.0 Å². The van der Waals surface area contributed by atoms with Crippen LogP contribution in [0.3, 0.4) is 0 Å². The van der Waals surface area contributed by atoms with Gasteiger partial charge in [0.2, 0.25) is 11.7 Å². The van der Waals surface area contributed by atoms with Gasteiger partial charge < -0.3 is 4.52 Å². The van der Waals surface area contributed by atoms with Crippen LogP contribution in [0.5, 0.6) is 0 Å². The SMILES string of the molecule is O=c1n(Cc2nc(-c3cccc(F)c3F)no2)nc(-c2ccc(Cl)cc2)n1CCC(F)(F)F. The molecule has 0 amide bonds. The highest BCUT2D eigenvalue weighted by Gasteiger charge is 2.28. The van der Waals surface area contributed by atoms with Crippen molar-refractivity contribution in [2.45, 2.75) is 25.7 Å². The Morgan fingerprint density at radius 1 is 1.06 bits per heavy atom. The Morgan fingerprint density at radius 3 is 2.48 bits per heavy atom. The fourth-order valence-electron chi connectivity index (χ4n) is 3.03. The Balaban J connectivity index is 1.68. The van der Waals surface area contributed by atoms with Crippen LogP contribution in [0.25, 0.3) is 22.8 Å². The van der Waals surface area contributed by atoms with Gasteiger partial charge in [0.15, 0.2) is 17.5 Å². The van der Waals surface area contributed by atoms with E-state index in [1.54, 1.807) is 0 Å². The number of aromatic nitrogens is 5. The van der Waals surface area contributed by atoms with E-state index in [1.165, 1.54) is 36.4 Å². The summed E-state index contributed by atoms with van der Waals surface area (Å²) in [7, 11) is 0. The van der Waals surface area contributed by atoms with Gasteiger partial charge in [0.05, 0.1) is 12.0 Å². The van der Waals surface area contributed by atoms with Crippen molar-refractivity contribution in [1.29, 1.82) is 0 Å². The van der Waals surface area contributed by atoms with Crippen LogP contribution in [0.2, 0.25) is 5.02 Å². The number of nitrogens with zero attached hydrogens (tertiary/aromatic N) is 5. The van der Waals surface area contributed by atoms with Crippen LogP contribution in [-0.2, 0) is 13.1 Å². The monoisotopic (exact) mass is 485 g/mol. The summed E-state index contributed by atoms with van der Waals surface area (Å²) in [5.74, 6) is -2.74. The average molecular weight is 486 g/mol. The molecule has 0 saturated heterocycles. The molecule has 2 aromatic carbocycles. The molecule has 0 saturated carbocycles. The minimum Gasteiger partial charge on any atom is -0.337 e. The second-order valence-electron chi connectivity index (χ2n) is 6.90.